The van der Waals surface area contributed by atoms with E-state index in [1.54, 1.807) is 12.1 Å². The molecule has 2 amide bonds. The van der Waals surface area contributed by atoms with Crippen LogP contribution >= 0.6 is 23.2 Å². The molecule has 0 radical (unpaired) electrons. The van der Waals surface area contributed by atoms with Gasteiger partial charge in [-0.3, -0.25) is 0 Å². The Morgan fingerprint density at radius 3 is 2.46 bits per heavy atom. The predicted octanol–water partition coefficient (Wildman–Crippen LogP) is 4.04. The molecule has 7 heteroatoms. The van der Waals surface area contributed by atoms with Crippen LogP contribution in [0.2, 0.25) is 10.0 Å². The fourth-order valence-corrected chi connectivity index (χ4v) is 3.02. The fourth-order valence-electron chi connectivity index (χ4n) is 2.73. The average Bonchev–Trinajstić information content (AvgIpc) is 2.57. The molecule has 3 rings (SSSR count). The Morgan fingerprint density at radius 2 is 1.79 bits per heavy atom. The number of rotatable bonds is 2. The molecule has 1 heterocycles. The molecule has 0 bridgehead atoms. The number of amides is 2. The first-order chi connectivity index (χ1) is 11.5. The van der Waals surface area contributed by atoms with E-state index in [4.69, 9.17) is 23.2 Å². The lowest BCUT2D eigenvalue weighted by Crippen LogP contribution is -2.50. The third-order valence-corrected chi connectivity index (χ3v) is 4.70. The second-order valence-corrected chi connectivity index (χ2v) is 6.33. The van der Waals surface area contributed by atoms with Crippen molar-refractivity contribution in [2.24, 2.45) is 0 Å². The molecule has 1 aliphatic heterocycles. The zero-order valence-electron chi connectivity index (χ0n) is 12.5. The second-order valence-electron chi connectivity index (χ2n) is 5.51. The summed E-state index contributed by atoms with van der Waals surface area (Å²) in [5.41, 5.74) is 2.35. The summed E-state index contributed by atoms with van der Waals surface area (Å²) in [6.45, 7) is 0.236. The largest absolute Gasteiger partial charge is 0.480 e. The lowest BCUT2D eigenvalue weighted by atomic mass is 9.94. The minimum absolute atomic E-state index is 0.236. The van der Waals surface area contributed by atoms with E-state index < -0.39 is 18.0 Å². The molecule has 0 aliphatic carbocycles. The molecule has 1 atom stereocenters. The molecular formula is C17H14Cl2N2O3. The first-order valence-electron chi connectivity index (χ1n) is 7.28. The summed E-state index contributed by atoms with van der Waals surface area (Å²) in [7, 11) is 0. The molecule has 2 aromatic rings. The molecule has 24 heavy (non-hydrogen) atoms. The van der Waals surface area contributed by atoms with E-state index in [1.165, 1.54) is 11.0 Å². The van der Waals surface area contributed by atoms with Crippen LogP contribution < -0.4 is 5.32 Å². The maximum absolute atomic E-state index is 12.6. The Morgan fingerprint density at radius 1 is 1.08 bits per heavy atom. The van der Waals surface area contributed by atoms with Crippen molar-refractivity contribution in [1.82, 2.24) is 4.90 Å². The predicted molar refractivity (Wildman–Crippen MR) is 92.6 cm³/mol. The number of aliphatic carboxylic acids is 1. The molecular weight excluding hydrogens is 351 g/mol. The van der Waals surface area contributed by atoms with E-state index in [1.807, 2.05) is 24.3 Å². The Kier molecular flexibility index (Phi) is 4.64. The van der Waals surface area contributed by atoms with Crippen molar-refractivity contribution in [3.8, 4) is 0 Å². The Labute approximate surface area is 148 Å². The molecule has 0 fully saturated rings. The number of anilines is 1. The van der Waals surface area contributed by atoms with Crippen molar-refractivity contribution < 1.29 is 14.7 Å². The maximum Gasteiger partial charge on any atom is 0.326 e. The zero-order chi connectivity index (χ0) is 17.3. The number of nitrogens with one attached hydrogen (secondary N) is 1. The molecule has 1 unspecified atom stereocenters. The van der Waals surface area contributed by atoms with Gasteiger partial charge in [-0.05, 0) is 29.3 Å². The summed E-state index contributed by atoms with van der Waals surface area (Å²) in [6, 6.07) is 10.8. The third kappa shape index (κ3) is 3.32. The van der Waals surface area contributed by atoms with Crippen LogP contribution in [-0.2, 0) is 17.8 Å². The molecule has 0 saturated carbocycles. The standard InChI is InChI=1S/C17H14Cl2N2O3/c18-13-6-5-12(8-14(13)19)20-17(24)21-9-11-4-2-1-3-10(11)7-15(21)16(22)23/h1-6,8,15H,7,9H2,(H,20,24)(H,22,23). The summed E-state index contributed by atoms with van der Waals surface area (Å²) in [5, 5.41) is 12.8. The summed E-state index contributed by atoms with van der Waals surface area (Å²) in [6.07, 6.45) is 0.278. The van der Waals surface area contributed by atoms with Gasteiger partial charge >= 0.3 is 12.0 Å². The molecule has 5 nitrogen and oxygen atoms in total. The van der Waals surface area contributed by atoms with E-state index in [2.05, 4.69) is 5.32 Å². The minimum Gasteiger partial charge on any atom is -0.480 e. The van der Waals surface area contributed by atoms with Crippen LogP contribution in [0.3, 0.4) is 0 Å². The van der Waals surface area contributed by atoms with Crippen molar-refractivity contribution >= 4 is 40.9 Å². The average molecular weight is 365 g/mol. The molecule has 0 saturated heterocycles. The first kappa shape index (κ1) is 16.6. The monoisotopic (exact) mass is 364 g/mol. The number of halogens is 2. The van der Waals surface area contributed by atoms with Gasteiger partial charge in [0.15, 0.2) is 0 Å². The second kappa shape index (κ2) is 6.71. The number of hydrogen-bond donors (Lipinski definition) is 2. The number of hydrogen-bond acceptors (Lipinski definition) is 2. The lowest BCUT2D eigenvalue weighted by molar-refractivity contribution is -0.142. The van der Waals surface area contributed by atoms with Crippen LogP contribution in [-0.4, -0.2) is 28.0 Å². The number of carbonyl (C=O) groups excluding carboxylic acids is 1. The van der Waals surface area contributed by atoms with Gasteiger partial charge in [0.05, 0.1) is 10.0 Å². The van der Waals surface area contributed by atoms with Crippen molar-refractivity contribution in [1.29, 1.82) is 0 Å². The van der Waals surface area contributed by atoms with E-state index in [0.717, 1.165) is 11.1 Å². The van der Waals surface area contributed by atoms with Crippen LogP contribution in [0.15, 0.2) is 42.5 Å². The summed E-state index contributed by atoms with van der Waals surface area (Å²) in [4.78, 5) is 25.4. The fraction of sp³-hybridized carbons (Fsp3) is 0.176. The van der Waals surface area contributed by atoms with Crippen molar-refractivity contribution in [3.63, 3.8) is 0 Å². The maximum atomic E-state index is 12.6. The number of nitrogens with zero attached hydrogens (tertiary/aromatic N) is 1. The van der Waals surface area contributed by atoms with Crippen molar-refractivity contribution in [2.75, 3.05) is 5.32 Å². The van der Waals surface area contributed by atoms with Gasteiger partial charge in [-0.2, -0.15) is 0 Å². The van der Waals surface area contributed by atoms with Crippen LogP contribution in [0.25, 0.3) is 0 Å². The van der Waals surface area contributed by atoms with Gasteiger partial charge in [0.25, 0.3) is 0 Å². The van der Waals surface area contributed by atoms with Crippen molar-refractivity contribution in [3.05, 3.63) is 63.6 Å². The SMILES string of the molecule is O=C(O)C1Cc2ccccc2CN1C(=O)Nc1ccc(Cl)c(Cl)c1. The van der Waals surface area contributed by atoms with Gasteiger partial charge in [-0.25, -0.2) is 9.59 Å². The van der Waals surface area contributed by atoms with E-state index in [9.17, 15) is 14.7 Å². The topological polar surface area (TPSA) is 69.6 Å². The molecule has 0 spiro atoms. The number of urea groups is 1. The zero-order valence-corrected chi connectivity index (χ0v) is 14.0. The molecule has 1 aliphatic rings. The molecule has 2 N–H and O–H groups in total. The summed E-state index contributed by atoms with van der Waals surface area (Å²) < 4.78 is 0. The minimum atomic E-state index is -1.03. The van der Waals surface area contributed by atoms with E-state index in [-0.39, 0.29) is 13.0 Å². The van der Waals surface area contributed by atoms with Gasteiger partial charge in [0.1, 0.15) is 6.04 Å². The van der Waals surface area contributed by atoms with Crippen LogP contribution in [0.1, 0.15) is 11.1 Å². The van der Waals surface area contributed by atoms with Gasteiger partial charge in [-0.1, -0.05) is 47.5 Å². The molecule has 2 aromatic carbocycles. The summed E-state index contributed by atoms with van der Waals surface area (Å²) >= 11 is 11.8. The Balaban J connectivity index is 1.84. The van der Waals surface area contributed by atoms with E-state index in [0.29, 0.717) is 15.7 Å². The number of carboxylic acid groups (broad SMARTS) is 1. The normalized spacial score (nSPS) is 16.4. The van der Waals surface area contributed by atoms with Gasteiger partial charge in [0.2, 0.25) is 0 Å². The van der Waals surface area contributed by atoms with Gasteiger partial charge in [0, 0.05) is 18.7 Å². The quantitative estimate of drug-likeness (QED) is 0.844. The van der Waals surface area contributed by atoms with Crippen LogP contribution in [0, 0.1) is 0 Å². The highest BCUT2D eigenvalue weighted by molar-refractivity contribution is 6.42. The van der Waals surface area contributed by atoms with Crippen LogP contribution in [0.5, 0.6) is 0 Å². The third-order valence-electron chi connectivity index (χ3n) is 3.97. The lowest BCUT2D eigenvalue weighted by Gasteiger charge is -2.34. The smallest absolute Gasteiger partial charge is 0.326 e. The number of carboxylic acids is 1. The highest BCUT2D eigenvalue weighted by Crippen LogP contribution is 2.27. The van der Waals surface area contributed by atoms with Crippen LogP contribution in [0.4, 0.5) is 10.5 Å². The number of benzene rings is 2. The van der Waals surface area contributed by atoms with Gasteiger partial charge < -0.3 is 15.3 Å². The molecule has 124 valence electrons. The number of fused-ring (bicyclic) bond motifs is 1. The number of carbonyl (C=O) groups is 2. The van der Waals surface area contributed by atoms with Gasteiger partial charge in [-0.15, -0.1) is 0 Å². The van der Waals surface area contributed by atoms with Crippen molar-refractivity contribution in [2.45, 2.75) is 19.0 Å². The summed E-state index contributed by atoms with van der Waals surface area (Å²) in [5.74, 6) is -1.03. The highest BCUT2D eigenvalue weighted by Gasteiger charge is 2.34. The molecule has 0 aromatic heterocycles. The Hall–Kier alpha value is -2.24. The highest BCUT2D eigenvalue weighted by atomic mass is 35.5. The Bertz CT molecular complexity index is 810. The first-order valence-corrected chi connectivity index (χ1v) is 8.03. The van der Waals surface area contributed by atoms with E-state index >= 15 is 0 Å².